The van der Waals surface area contributed by atoms with Crippen LogP contribution in [0.1, 0.15) is 42.1 Å². The molecule has 0 amide bonds. The van der Waals surface area contributed by atoms with Crippen molar-refractivity contribution in [2.45, 2.75) is 38.6 Å². The standard InChI is InChI=1S/C14H19NO2/c1-2-4-11(15)9-13(16)12-6-3-5-10-7-8-17-14(10)12/h3,5-6,11H,2,4,7-9,15H2,1H3. The third-order valence-corrected chi connectivity index (χ3v) is 3.12. The number of carbonyl (C=O) groups excluding carboxylic acids is 1. The molecule has 0 aromatic heterocycles. The Kier molecular flexibility index (Phi) is 3.79. The maximum Gasteiger partial charge on any atom is 0.168 e. The molecule has 1 atom stereocenters. The number of para-hydroxylation sites is 1. The highest BCUT2D eigenvalue weighted by molar-refractivity contribution is 5.99. The maximum absolute atomic E-state index is 12.1. The normalized spacial score (nSPS) is 15.2. The lowest BCUT2D eigenvalue weighted by Gasteiger charge is -2.11. The fourth-order valence-corrected chi connectivity index (χ4v) is 2.26. The van der Waals surface area contributed by atoms with Crippen LogP contribution in [0.15, 0.2) is 18.2 Å². The molecule has 0 radical (unpaired) electrons. The lowest BCUT2D eigenvalue weighted by Crippen LogP contribution is -2.23. The minimum atomic E-state index is -0.0373. The van der Waals surface area contributed by atoms with Gasteiger partial charge in [0, 0.05) is 18.9 Å². The van der Waals surface area contributed by atoms with E-state index in [-0.39, 0.29) is 11.8 Å². The van der Waals surface area contributed by atoms with Crippen molar-refractivity contribution in [3.8, 4) is 5.75 Å². The smallest absolute Gasteiger partial charge is 0.168 e. The monoisotopic (exact) mass is 233 g/mol. The van der Waals surface area contributed by atoms with Gasteiger partial charge in [0.25, 0.3) is 0 Å². The van der Waals surface area contributed by atoms with E-state index in [1.54, 1.807) is 0 Å². The van der Waals surface area contributed by atoms with E-state index >= 15 is 0 Å². The van der Waals surface area contributed by atoms with E-state index < -0.39 is 0 Å². The molecule has 1 aliphatic rings. The Morgan fingerprint density at radius 1 is 1.53 bits per heavy atom. The molecule has 3 heteroatoms. The minimum absolute atomic E-state index is 0.0373. The second-order valence-electron chi connectivity index (χ2n) is 4.57. The first-order valence-corrected chi connectivity index (χ1v) is 6.25. The molecule has 0 saturated heterocycles. The highest BCUT2D eigenvalue weighted by Gasteiger charge is 2.21. The summed E-state index contributed by atoms with van der Waals surface area (Å²) in [5.41, 5.74) is 7.75. The summed E-state index contributed by atoms with van der Waals surface area (Å²) in [7, 11) is 0. The molecule has 0 spiro atoms. The quantitative estimate of drug-likeness (QED) is 0.794. The first-order chi connectivity index (χ1) is 8.22. The van der Waals surface area contributed by atoms with Crippen LogP contribution in [0.5, 0.6) is 5.75 Å². The van der Waals surface area contributed by atoms with Crippen LogP contribution in [0.25, 0.3) is 0 Å². The Labute approximate surface area is 102 Å². The molecule has 1 unspecified atom stereocenters. The van der Waals surface area contributed by atoms with Crippen molar-refractivity contribution in [1.82, 2.24) is 0 Å². The second kappa shape index (κ2) is 5.32. The van der Waals surface area contributed by atoms with Gasteiger partial charge in [0.05, 0.1) is 12.2 Å². The minimum Gasteiger partial charge on any atom is -0.492 e. The van der Waals surface area contributed by atoms with E-state index in [0.717, 1.165) is 30.6 Å². The van der Waals surface area contributed by atoms with Gasteiger partial charge in [-0.15, -0.1) is 0 Å². The van der Waals surface area contributed by atoms with E-state index in [9.17, 15) is 4.79 Å². The molecule has 0 fully saturated rings. The highest BCUT2D eigenvalue weighted by atomic mass is 16.5. The van der Waals surface area contributed by atoms with Crippen molar-refractivity contribution in [3.63, 3.8) is 0 Å². The summed E-state index contributed by atoms with van der Waals surface area (Å²) in [6.45, 7) is 2.76. The molecule has 0 saturated carbocycles. The molecular weight excluding hydrogens is 214 g/mol. The van der Waals surface area contributed by atoms with Gasteiger partial charge in [0.15, 0.2) is 5.78 Å². The third-order valence-electron chi connectivity index (χ3n) is 3.12. The van der Waals surface area contributed by atoms with Gasteiger partial charge in [-0.3, -0.25) is 4.79 Å². The molecule has 1 aliphatic heterocycles. The second-order valence-corrected chi connectivity index (χ2v) is 4.57. The molecule has 1 aromatic carbocycles. The number of ketones is 1. The van der Waals surface area contributed by atoms with E-state index in [1.165, 1.54) is 0 Å². The molecule has 3 nitrogen and oxygen atoms in total. The Morgan fingerprint density at radius 2 is 2.35 bits per heavy atom. The number of rotatable bonds is 5. The van der Waals surface area contributed by atoms with Crippen molar-refractivity contribution in [1.29, 1.82) is 0 Å². The average molecular weight is 233 g/mol. The van der Waals surface area contributed by atoms with Crippen molar-refractivity contribution in [2.24, 2.45) is 5.73 Å². The summed E-state index contributed by atoms with van der Waals surface area (Å²) in [6.07, 6.45) is 3.21. The van der Waals surface area contributed by atoms with Gasteiger partial charge in [0.2, 0.25) is 0 Å². The highest BCUT2D eigenvalue weighted by Crippen LogP contribution is 2.30. The Hall–Kier alpha value is -1.35. The number of fused-ring (bicyclic) bond motifs is 1. The van der Waals surface area contributed by atoms with Gasteiger partial charge in [0.1, 0.15) is 5.75 Å². The fraction of sp³-hybridized carbons (Fsp3) is 0.500. The summed E-state index contributed by atoms with van der Waals surface area (Å²) in [5.74, 6) is 0.880. The Morgan fingerprint density at radius 3 is 3.12 bits per heavy atom. The lowest BCUT2D eigenvalue weighted by molar-refractivity contribution is 0.0970. The predicted octanol–water partition coefficient (Wildman–Crippen LogP) is 2.32. The largest absolute Gasteiger partial charge is 0.492 e. The Bertz CT molecular complexity index is 415. The SMILES string of the molecule is CCCC(N)CC(=O)c1cccc2c1OCC2. The molecule has 1 heterocycles. The van der Waals surface area contributed by atoms with Gasteiger partial charge in [-0.1, -0.05) is 25.5 Å². The van der Waals surface area contributed by atoms with Crippen molar-refractivity contribution < 1.29 is 9.53 Å². The average Bonchev–Trinajstić information content (AvgIpc) is 2.76. The zero-order chi connectivity index (χ0) is 12.3. The predicted molar refractivity (Wildman–Crippen MR) is 67.5 cm³/mol. The summed E-state index contributed by atoms with van der Waals surface area (Å²) in [6, 6.07) is 5.74. The van der Waals surface area contributed by atoms with Crippen LogP contribution in [0.3, 0.4) is 0 Å². The maximum atomic E-state index is 12.1. The molecule has 1 aromatic rings. The van der Waals surface area contributed by atoms with Gasteiger partial charge in [-0.05, 0) is 18.1 Å². The summed E-state index contributed by atoms with van der Waals surface area (Å²) in [5, 5.41) is 0. The lowest BCUT2D eigenvalue weighted by atomic mass is 9.99. The van der Waals surface area contributed by atoms with Crippen molar-refractivity contribution in [2.75, 3.05) is 6.61 Å². The van der Waals surface area contributed by atoms with Crippen LogP contribution in [0.2, 0.25) is 0 Å². The summed E-state index contributed by atoms with van der Waals surface area (Å²) < 4.78 is 5.53. The van der Waals surface area contributed by atoms with E-state index in [0.29, 0.717) is 18.6 Å². The van der Waals surface area contributed by atoms with Gasteiger partial charge in [-0.25, -0.2) is 0 Å². The molecule has 92 valence electrons. The van der Waals surface area contributed by atoms with Gasteiger partial charge in [-0.2, -0.15) is 0 Å². The molecule has 2 rings (SSSR count). The number of Topliss-reactive ketones (excluding diaryl/α,β-unsaturated/α-hetero) is 1. The molecule has 0 bridgehead atoms. The van der Waals surface area contributed by atoms with Crippen LogP contribution >= 0.6 is 0 Å². The Balaban J connectivity index is 2.12. The topological polar surface area (TPSA) is 52.3 Å². The number of ether oxygens (including phenoxy) is 1. The first kappa shape index (κ1) is 12.1. The number of benzene rings is 1. The first-order valence-electron chi connectivity index (χ1n) is 6.25. The fourth-order valence-electron chi connectivity index (χ4n) is 2.26. The number of hydrogen-bond acceptors (Lipinski definition) is 3. The van der Waals surface area contributed by atoms with Crippen LogP contribution in [0.4, 0.5) is 0 Å². The molecular formula is C14H19NO2. The van der Waals surface area contributed by atoms with E-state index in [2.05, 4.69) is 6.92 Å². The van der Waals surface area contributed by atoms with Gasteiger partial charge < -0.3 is 10.5 Å². The van der Waals surface area contributed by atoms with Crippen LogP contribution in [-0.2, 0) is 6.42 Å². The van der Waals surface area contributed by atoms with E-state index in [4.69, 9.17) is 10.5 Å². The van der Waals surface area contributed by atoms with Crippen LogP contribution in [-0.4, -0.2) is 18.4 Å². The van der Waals surface area contributed by atoms with Gasteiger partial charge >= 0.3 is 0 Å². The number of hydrogen-bond donors (Lipinski definition) is 1. The van der Waals surface area contributed by atoms with Crippen molar-refractivity contribution >= 4 is 5.78 Å². The van der Waals surface area contributed by atoms with E-state index in [1.807, 2.05) is 18.2 Å². The molecule has 0 aliphatic carbocycles. The molecule has 17 heavy (non-hydrogen) atoms. The zero-order valence-corrected chi connectivity index (χ0v) is 10.2. The number of carbonyl (C=O) groups is 1. The third kappa shape index (κ3) is 2.67. The van der Waals surface area contributed by atoms with Crippen molar-refractivity contribution in [3.05, 3.63) is 29.3 Å². The summed E-state index contributed by atoms with van der Waals surface area (Å²) >= 11 is 0. The van der Waals surface area contributed by atoms with Crippen LogP contribution in [0, 0.1) is 0 Å². The number of nitrogens with two attached hydrogens (primary N) is 1. The zero-order valence-electron chi connectivity index (χ0n) is 10.2. The molecule has 2 N–H and O–H groups in total. The summed E-state index contributed by atoms with van der Waals surface area (Å²) in [4.78, 5) is 12.1. The van der Waals surface area contributed by atoms with Crippen LogP contribution < -0.4 is 10.5 Å².